The van der Waals surface area contributed by atoms with Crippen LogP contribution in [0.4, 0.5) is 0 Å². The second-order valence-electron chi connectivity index (χ2n) is 7.33. The lowest BCUT2D eigenvalue weighted by atomic mass is 9.96. The fourth-order valence-electron chi connectivity index (χ4n) is 2.75. The lowest BCUT2D eigenvalue weighted by Gasteiger charge is -2.21. The Morgan fingerprint density at radius 3 is 2.22 bits per heavy atom. The van der Waals surface area contributed by atoms with Gasteiger partial charge in [0, 0.05) is 19.0 Å². The molecule has 2 rings (SSSR count). The number of pyridine rings is 1. The average molecular weight is 370 g/mol. The van der Waals surface area contributed by atoms with Crippen molar-refractivity contribution in [3.8, 4) is 17.4 Å². The lowest BCUT2D eigenvalue weighted by molar-refractivity contribution is -0.120. The number of amides is 1. The van der Waals surface area contributed by atoms with Crippen LogP contribution in [0.2, 0.25) is 0 Å². The minimum absolute atomic E-state index is 0.0240. The van der Waals surface area contributed by atoms with E-state index in [4.69, 9.17) is 9.47 Å². The molecular formula is C22H30N2O3. The zero-order chi connectivity index (χ0) is 19.8. The van der Waals surface area contributed by atoms with Gasteiger partial charge in [0.15, 0.2) is 0 Å². The van der Waals surface area contributed by atoms with Crippen molar-refractivity contribution in [3.05, 3.63) is 48.2 Å². The highest BCUT2D eigenvalue weighted by Gasteiger charge is 2.14. The third-order valence-electron chi connectivity index (χ3n) is 4.16. The molecule has 0 radical (unpaired) electrons. The summed E-state index contributed by atoms with van der Waals surface area (Å²) in [6, 6.07) is 11.9. The molecule has 5 nitrogen and oxygen atoms in total. The van der Waals surface area contributed by atoms with Crippen molar-refractivity contribution in [1.29, 1.82) is 0 Å². The Morgan fingerprint density at radius 1 is 1.04 bits per heavy atom. The Labute approximate surface area is 162 Å². The van der Waals surface area contributed by atoms with Crippen LogP contribution in [-0.2, 0) is 11.2 Å². The summed E-state index contributed by atoms with van der Waals surface area (Å²) in [5.41, 5.74) is 1.22. The smallest absolute Gasteiger partial charge is 0.217 e. The van der Waals surface area contributed by atoms with Gasteiger partial charge in [-0.05, 0) is 56.4 Å². The van der Waals surface area contributed by atoms with E-state index in [9.17, 15) is 4.79 Å². The second-order valence-corrected chi connectivity index (χ2v) is 7.33. The van der Waals surface area contributed by atoms with Crippen molar-refractivity contribution in [3.63, 3.8) is 0 Å². The first-order valence-corrected chi connectivity index (χ1v) is 9.50. The molecule has 5 heteroatoms. The van der Waals surface area contributed by atoms with Crippen LogP contribution < -0.4 is 14.8 Å². The number of rotatable bonds is 9. The van der Waals surface area contributed by atoms with Gasteiger partial charge in [0.25, 0.3) is 0 Å². The summed E-state index contributed by atoms with van der Waals surface area (Å²) in [4.78, 5) is 15.6. The SMILES string of the molecule is CC(=O)N[C@H](CCc1ccc(Oc2ccc(OC(C)C)nc2)cc1)C(C)C. The summed E-state index contributed by atoms with van der Waals surface area (Å²) < 4.78 is 11.4. The Hall–Kier alpha value is -2.56. The van der Waals surface area contributed by atoms with E-state index in [2.05, 4.69) is 36.3 Å². The first kappa shape index (κ1) is 20.7. The highest BCUT2D eigenvalue weighted by Crippen LogP contribution is 2.23. The van der Waals surface area contributed by atoms with Crippen molar-refractivity contribution >= 4 is 5.91 Å². The van der Waals surface area contributed by atoms with Crippen LogP contribution in [0.5, 0.6) is 17.4 Å². The molecule has 0 aliphatic carbocycles. The zero-order valence-electron chi connectivity index (χ0n) is 16.9. The minimum atomic E-state index is 0.0240. The fraction of sp³-hybridized carbons (Fsp3) is 0.455. The van der Waals surface area contributed by atoms with Gasteiger partial charge in [0.05, 0.1) is 12.3 Å². The monoisotopic (exact) mass is 370 g/mol. The Morgan fingerprint density at radius 2 is 1.70 bits per heavy atom. The molecule has 1 amide bonds. The van der Waals surface area contributed by atoms with Gasteiger partial charge in [-0.25, -0.2) is 4.98 Å². The van der Waals surface area contributed by atoms with Crippen LogP contribution in [0.15, 0.2) is 42.6 Å². The molecule has 0 saturated heterocycles. The Balaban J connectivity index is 1.90. The zero-order valence-corrected chi connectivity index (χ0v) is 16.9. The molecule has 0 unspecified atom stereocenters. The van der Waals surface area contributed by atoms with Crippen molar-refractivity contribution in [2.24, 2.45) is 5.92 Å². The molecule has 1 aromatic carbocycles. The number of carbonyl (C=O) groups excluding carboxylic acids is 1. The predicted octanol–water partition coefficient (Wildman–Crippen LogP) is 4.75. The van der Waals surface area contributed by atoms with E-state index in [-0.39, 0.29) is 18.1 Å². The largest absolute Gasteiger partial charge is 0.475 e. The first-order valence-electron chi connectivity index (χ1n) is 9.50. The summed E-state index contributed by atoms with van der Waals surface area (Å²) in [5, 5.41) is 3.03. The maximum Gasteiger partial charge on any atom is 0.217 e. The van der Waals surface area contributed by atoms with Gasteiger partial charge in [0.2, 0.25) is 11.8 Å². The Bertz CT molecular complexity index is 709. The number of nitrogens with zero attached hydrogens (tertiary/aromatic N) is 1. The standard InChI is InChI=1S/C22H30N2O3/c1-15(2)21(24-17(5)25)12-8-18-6-9-19(10-7-18)27-20-11-13-22(23-14-20)26-16(3)4/h6-7,9-11,13-16,21H,8,12H2,1-5H3,(H,24,25)/t21-/m1/s1. The van der Waals surface area contributed by atoms with Crippen LogP contribution in [0.25, 0.3) is 0 Å². The normalized spacial score (nSPS) is 12.1. The molecule has 0 fully saturated rings. The quantitative estimate of drug-likeness (QED) is 0.692. The number of hydrogen-bond acceptors (Lipinski definition) is 4. The van der Waals surface area contributed by atoms with Crippen LogP contribution in [0, 0.1) is 5.92 Å². The van der Waals surface area contributed by atoms with E-state index < -0.39 is 0 Å². The van der Waals surface area contributed by atoms with E-state index >= 15 is 0 Å². The molecule has 0 aliphatic heterocycles. The minimum Gasteiger partial charge on any atom is -0.475 e. The maximum absolute atomic E-state index is 11.3. The molecule has 2 aromatic rings. The molecule has 1 N–H and O–H groups in total. The van der Waals surface area contributed by atoms with Gasteiger partial charge >= 0.3 is 0 Å². The third-order valence-corrected chi connectivity index (χ3v) is 4.16. The topological polar surface area (TPSA) is 60.5 Å². The highest BCUT2D eigenvalue weighted by atomic mass is 16.5. The van der Waals surface area contributed by atoms with Crippen molar-refractivity contribution < 1.29 is 14.3 Å². The number of nitrogens with one attached hydrogen (secondary N) is 1. The van der Waals surface area contributed by atoms with E-state index in [0.717, 1.165) is 18.6 Å². The molecule has 146 valence electrons. The number of aromatic nitrogens is 1. The maximum atomic E-state index is 11.3. The number of carbonyl (C=O) groups is 1. The van der Waals surface area contributed by atoms with Crippen LogP contribution >= 0.6 is 0 Å². The summed E-state index contributed by atoms with van der Waals surface area (Å²) in [6.45, 7) is 9.75. The average Bonchev–Trinajstić information content (AvgIpc) is 2.60. The van der Waals surface area contributed by atoms with Crippen LogP contribution in [0.1, 0.15) is 46.6 Å². The van der Waals surface area contributed by atoms with E-state index in [0.29, 0.717) is 17.5 Å². The van der Waals surface area contributed by atoms with Crippen molar-refractivity contribution in [2.75, 3.05) is 0 Å². The summed E-state index contributed by atoms with van der Waals surface area (Å²) in [5.74, 6) is 2.46. The van der Waals surface area contributed by atoms with Crippen molar-refractivity contribution in [1.82, 2.24) is 10.3 Å². The van der Waals surface area contributed by atoms with Crippen LogP contribution in [-0.4, -0.2) is 23.0 Å². The molecular weight excluding hydrogens is 340 g/mol. The molecule has 0 bridgehead atoms. The van der Waals surface area contributed by atoms with Gasteiger partial charge in [-0.2, -0.15) is 0 Å². The summed E-state index contributed by atoms with van der Waals surface area (Å²) in [6.07, 6.45) is 3.58. The fourth-order valence-corrected chi connectivity index (χ4v) is 2.75. The molecule has 1 heterocycles. The number of aryl methyl sites for hydroxylation is 1. The summed E-state index contributed by atoms with van der Waals surface area (Å²) in [7, 11) is 0. The number of ether oxygens (including phenoxy) is 2. The van der Waals surface area contributed by atoms with E-state index in [1.807, 2.05) is 32.0 Å². The third kappa shape index (κ3) is 7.29. The number of benzene rings is 1. The molecule has 0 saturated carbocycles. The van der Waals surface area contributed by atoms with Crippen LogP contribution in [0.3, 0.4) is 0 Å². The van der Waals surface area contributed by atoms with Gasteiger partial charge in [-0.3, -0.25) is 4.79 Å². The van der Waals surface area contributed by atoms with E-state index in [1.54, 1.807) is 19.2 Å². The van der Waals surface area contributed by atoms with Gasteiger partial charge in [0.1, 0.15) is 11.5 Å². The number of hydrogen-bond donors (Lipinski definition) is 1. The predicted molar refractivity (Wildman–Crippen MR) is 107 cm³/mol. The van der Waals surface area contributed by atoms with Gasteiger partial charge in [-0.15, -0.1) is 0 Å². The highest BCUT2D eigenvalue weighted by molar-refractivity contribution is 5.73. The second kappa shape index (κ2) is 9.95. The summed E-state index contributed by atoms with van der Waals surface area (Å²) >= 11 is 0. The molecule has 1 atom stereocenters. The van der Waals surface area contributed by atoms with Gasteiger partial charge in [-0.1, -0.05) is 26.0 Å². The Kier molecular flexibility index (Phi) is 7.65. The van der Waals surface area contributed by atoms with E-state index in [1.165, 1.54) is 5.56 Å². The molecule has 0 aliphatic rings. The first-order chi connectivity index (χ1) is 12.8. The molecule has 0 spiro atoms. The van der Waals surface area contributed by atoms with Gasteiger partial charge < -0.3 is 14.8 Å². The van der Waals surface area contributed by atoms with Crippen molar-refractivity contribution in [2.45, 2.75) is 59.6 Å². The molecule has 27 heavy (non-hydrogen) atoms. The lowest BCUT2D eigenvalue weighted by Crippen LogP contribution is -2.37. The molecule has 1 aromatic heterocycles.